The predicted octanol–water partition coefficient (Wildman–Crippen LogP) is 3.09. The fraction of sp³-hybridized carbons (Fsp3) is 0.947. The third-order valence-corrected chi connectivity index (χ3v) is 6.24. The molecule has 0 aromatic heterocycles. The molecule has 0 unspecified atom stereocenters. The Morgan fingerprint density at radius 1 is 1.08 bits per heavy atom. The smallest absolute Gasteiger partial charge is 0.193 e. The topological polar surface area (TPSA) is 40.1 Å². The quantitative estimate of drug-likeness (QED) is 0.386. The normalized spacial score (nSPS) is 25.2. The van der Waals surface area contributed by atoms with E-state index in [2.05, 4.69) is 22.0 Å². The minimum atomic E-state index is 0. The van der Waals surface area contributed by atoms with Crippen molar-refractivity contribution in [3.05, 3.63) is 0 Å². The predicted molar refractivity (Wildman–Crippen MR) is 115 cm³/mol. The Labute approximate surface area is 171 Å². The maximum absolute atomic E-state index is 5.56. The Kier molecular flexibility index (Phi) is 8.75. The number of nitrogens with one attached hydrogen (secondary N) is 1. The molecule has 3 rings (SSSR count). The van der Waals surface area contributed by atoms with Crippen LogP contribution >= 0.6 is 24.0 Å². The van der Waals surface area contributed by atoms with Crippen molar-refractivity contribution in [3.63, 3.8) is 0 Å². The molecular formula is C19H37IN4O. The van der Waals surface area contributed by atoms with Gasteiger partial charge < -0.3 is 15.0 Å². The first-order valence-corrected chi connectivity index (χ1v) is 10.1. The summed E-state index contributed by atoms with van der Waals surface area (Å²) in [6.07, 6.45) is 10.8. The molecule has 1 N–H and O–H groups in total. The summed E-state index contributed by atoms with van der Waals surface area (Å²) in [7, 11) is 1.86. The molecule has 2 aliphatic heterocycles. The van der Waals surface area contributed by atoms with Crippen LogP contribution in [0.2, 0.25) is 0 Å². The lowest BCUT2D eigenvalue weighted by Gasteiger charge is -2.44. The van der Waals surface area contributed by atoms with E-state index in [1.165, 1.54) is 64.5 Å². The van der Waals surface area contributed by atoms with Crippen molar-refractivity contribution in [3.8, 4) is 0 Å². The molecule has 6 heteroatoms. The van der Waals surface area contributed by atoms with Crippen LogP contribution in [0.3, 0.4) is 0 Å². The first-order valence-electron chi connectivity index (χ1n) is 10.1. The van der Waals surface area contributed by atoms with Gasteiger partial charge in [0.25, 0.3) is 0 Å². The maximum Gasteiger partial charge on any atom is 0.193 e. The largest absolute Gasteiger partial charge is 0.381 e. The number of nitrogens with zero attached hydrogens (tertiary/aromatic N) is 3. The van der Waals surface area contributed by atoms with E-state index in [1.807, 2.05) is 7.11 Å². The van der Waals surface area contributed by atoms with Gasteiger partial charge in [-0.25, -0.2) is 0 Å². The molecule has 0 amide bonds. The van der Waals surface area contributed by atoms with E-state index in [-0.39, 0.29) is 24.0 Å². The lowest BCUT2D eigenvalue weighted by Crippen LogP contribution is -2.54. The average Bonchev–Trinajstić information content (AvgIpc) is 3.31. The summed E-state index contributed by atoms with van der Waals surface area (Å²) in [6, 6.07) is 0. The Morgan fingerprint density at radius 3 is 2.28 bits per heavy atom. The molecular weight excluding hydrogens is 427 g/mol. The Bertz CT molecular complexity index is 412. The van der Waals surface area contributed by atoms with Gasteiger partial charge in [0, 0.05) is 45.4 Å². The van der Waals surface area contributed by atoms with E-state index in [4.69, 9.17) is 9.73 Å². The van der Waals surface area contributed by atoms with Gasteiger partial charge in [0.15, 0.2) is 5.96 Å². The van der Waals surface area contributed by atoms with E-state index in [0.29, 0.717) is 11.6 Å². The number of halogens is 1. The fourth-order valence-electron chi connectivity index (χ4n) is 4.75. The molecule has 0 aromatic carbocycles. The van der Waals surface area contributed by atoms with Gasteiger partial charge in [-0.3, -0.25) is 9.89 Å². The molecule has 0 atom stereocenters. The molecule has 2 heterocycles. The third kappa shape index (κ3) is 5.22. The van der Waals surface area contributed by atoms with Crippen LogP contribution in [0, 0.1) is 0 Å². The third-order valence-electron chi connectivity index (χ3n) is 6.24. The van der Waals surface area contributed by atoms with Gasteiger partial charge in [-0.2, -0.15) is 0 Å². The zero-order chi connectivity index (χ0) is 16.8. The number of hydrogen-bond donors (Lipinski definition) is 1. The molecule has 1 saturated carbocycles. The minimum absolute atomic E-state index is 0. The van der Waals surface area contributed by atoms with Gasteiger partial charge in [-0.05, 0) is 45.4 Å². The lowest BCUT2D eigenvalue weighted by molar-refractivity contribution is -0.000116. The van der Waals surface area contributed by atoms with Crippen LogP contribution in [0.1, 0.15) is 58.3 Å². The zero-order valence-corrected chi connectivity index (χ0v) is 18.5. The fourth-order valence-corrected chi connectivity index (χ4v) is 4.75. The van der Waals surface area contributed by atoms with Crippen LogP contribution in [0.5, 0.6) is 0 Å². The van der Waals surface area contributed by atoms with Crippen molar-refractivity contribution in [2.24, 2.45) is 4.99 Å². The van der Waals surface area contributed by atoms with E-state index in [0.717, 1.165) is 32.1 Å². The summed E-state index contributed by atoms with van der Waals surface area (Å²) in [6.45, 7) is 8.77. The molecule has 0 bridgehead atoms. The van der Waals surface area contributed by atoms with Crippen molar-refractivity contribution in [1.29, 1.82) is 0 Å². The van der Waals surface area contributed by atoms with Gasteiger partial charge >= 0.3 is 0 Å². The molecule has 25 heavy (non-hydrogen) atoms. The maximum atomic E-state index is 5.56. The molecule has 0 aromatic rings. The van der Waals surface area contributed by atoms with Crippen LogP contribution in [0.25, 0.3) is 0 Å². The van der Waals surface area contributed by atoms with Crippen LogP contribution in [0.15, 0.2) is 4.99 Å². The monoisotopic (exact) mass is 464 g/mol. The second-order valence-corrected chi connectivity index (χ2v) is 7.72. The zero-order valence-electron chi connectivity index (χ0n) is 16.1. The van der Waals surface area contributed by atoms with E-state index in [9.17, 15) is 0 Å². The lowest BCUT2D eigenvalue weighted by atomic mass is 9.91. The number of methoxy groups -OCH3 is 1. The van der Waals surface area contributed by atoms with E-state index >= 15 is 0 Å². The Balaban J connectivity index is 0.00000225. The minimum Gasteiger partial charge on any atom is -0.381 e. The highest BCUT2D eigenvalue weighted by molar-refractivity contribution is 14.0. The summed E-state index contributed by atoms with van der Waals surface area (Å²) in [4.78, 5) is 10.3. The van der Waals surface area contributed by atoms with Gasteiger partial charge in [0.1, 0.15) is 0 Å². The number of guanidine groups is 1. The Morgan fingerprint density at radius 2 is 1.72 bits per heavy atom. The number of ether oxygens (including phenoxy) is 1. The van der Waals surface area contributed by atoms with E-state index < -0.39 is 0 Å². The highest BCUT2D eigenvalue weighted by Gasteiger charge is 2.41. The molecule has 0 spiro atoms. The second-order valence-electron chi connectivity index (χ2n) is 7.72. The SMILES string of the molecule is CCNC(=NCC1(N2CCC(OC)CC2)CCCC1)N1CCCC1.I. The first kappa shape index (κ1) is 21.2. The van der Waals surface area contributed by atoms with Crippen molar-refractivity contribution in [2.45, 2.75) is 69.9 Å². The summed E-state index contributed by atoms with van der Waals surface area (Å²) in [5.74, 6) is 1.15. The summed E-state index contributed by atoms with van der Waals surface area (Å²) < 4.78 is 5.56. The van der Waals surface area contributed by atoms with E-state index in [1.54, 1.807) is 0 Å². The number of hydrogen-bond acceptors (Lipinski definition) is 3. The molecule has 1 aliphatic carbocycles. The van der Waals surface area contributed by atoms with Gasteiger partial charge in [0.05, 0.1) is 12.6 Å². The number of likely N-dealkylation sites (tertiary alicyclic amines) is 2. The van der Waals surface area contributed by atoms with Crippen molar-refractivity contribution in [1.82, 2.24) is 15.1 Å². The summed E-state index contributed by atoms with van der Waals surface area (Å²) in [5.41, 5.74) is 0.305. The molecule has 3 fully saturated rings. The van der Waals surface area contributed by atoms with Gasteiger partial charge in [-0.1, -0.05) is 12.8 Å². The standard InChI is InChI=1S/C19H36N4O.HI/c1-3-20-18(22-12-6-7-13-22)21-16-19(10-4-5-11-19)23-14-8-17(24-2)9-15-23;/h17H,3-16H2,1-2H3,(H,20,21);1H. The molecule has 146 valence electrons. The van der Waals surface area contributed by atoms with Crippen molar-refractivity contribution >= 4 is 29.9 Å². The van der Waals surface area contributed by atoms with Crippen molar-refractivity contribution < 1.29 is 4.74 Å². The molecule has 2 saturated heterocycles. The highest BCUT2D eigenvalue weighted by Crippen LogP contribution is 2.37. The highest BCUT2D eigenvalue weighted by atomic mass is 127. The van der Waals surface area contributed by atoms with Crippen LogP contribution in [0.4, 0.5) is 0 Å². The summed E-state index contributed by atoms with van der Waals surface area (Å²) >= 11 is 0. The number of piperidine rings is 1. The van der Waals surface area contributed by atoms with Gasteiger partial charge in [-0.15, -0.1) is 24.0 Å². The summed E-state index contributed by atoms with van der Waals surface area (Å²) in [5, 5.41) is 3.52. The van der Waals surface area contributed by atoms with Gasteiger partial charge in [0.2, 0.25) is 0 Å². The first-order chi connectivity index (χ1) is 11.8. The number of rotatable bonds is 5. The van der Waals surface area contributed by atoms with Crippen LogP contribution < -0.4 is 5.32 Å². The molecule has 0 radical (unpaired) electrons. The Hall–Kier alpha value is -0.0800. The molecule has 5 nitrogen and oxygen atoms in total. The average molecular weight is 464 g/mol. The molecule has 3 aliphatic rings. The van der Waals surface area contributed by atoms with Crippen molar-refractivity contribution in [2.75, 3.05) is 46.4 Å². The number of aliphatic imine (C=N–C) groups is 1. The second kappa shape index (κ2) is 10.3. The van der Waals surface area contributed by atoms with Crippen LogP contribution in [-0.2, 0) is 4.74 Å². The van der Waals surface area contributed by atoms with Crippen LogP contribution in [-0.4, -0.2) is 73.8 Å².